The maximum atomic E-state index is 13.0. The van der Waals surface area contributed by atoms with Crippen LogP contribution in [0.1, 0.15) is 29.8 Å². The van der Waals surface area contributed by atoms with Gasteiger partial charge in [0.05, 0.1) is 5.56 Å². The number of benzene rings is 1. The Morgan fingerprint density at radius 3 is 2.50 bits per heavy atom. The quantitative estimate of drug-likeness (QED) is 0.738. The van der Waals surface area contributed by atoms with Crippen LogP contribution < -0.4 is 0 Å². The number of hydrogen-bond donors (Lipinski definition) is 1. The van der Waals surface area contributed by atoms with Crippen LogP contribution >= 0.6 is 0 Å². The summed E-state index contributed by atoms with van der Waals surface area (Å²) in [6.45, 7) is 4.99. The molecule has 0 fully saturated rings. The summed E-state index contributed by atoms with van der Waals surface area (Å²) in [6.07, 6.45) is 0. The molecule has 0 unspecified atom stereocenters. The fourth-order valence-corrected chi connectivity index (χ4v) is 1.23. The molecule has 2 nitrogen and oxygen atoms in total. The Labute approximate surface area is 82.4 Å². The fourth-order valence-electron chi connectivity index (χ4n) is 1.23. The minimum atomic E-state index is -0.496. The molecule has 1 rings (SSSR count). The van der Waals surface area contributed by atoms with Gasteiger partial charge in [-0.25, -0.2) is 4.39 Å². The zero-order valence-corrected chi connectivity index (χ0v) is 8.47. The lowest BCUT2D eigenvalue weighted by Crippen LogP contribution is -2.08. The van der Waals surface area contributed by atoms with E-state index in [0.29, 0.717) is 5.56 Å². The molecule has 0 aliphatic carbocycles. The van der Waals surface area contributed by atoms with Crippen molar-refractivity contribution in [1.82, 2.24) is 0 Å². The van der Waals surface area contributed by atoms with E-state index in [1.165, 1.54) is 6.07 Å². The van der Waals surface area contributed by atoms with E-state index in [-0.39, 0.29) is 23.0 Å². The first kappa shape index (κ1) is 10.7. The van der Waals surface area contributed by atoms with Gasteiger partial charge in [-0.1, -0.05) is 13.8 Å². The van der Waals surface area contributed by atoms with E-state index in [2.05, 4.69) is 0 Å². The van der Waals surface area contributed by atoms with Crippen LogP contribution in [0.25, 0.3) is 0 Å². The summed E-state index contributed by atoms with van der Waals surface area (Å²) in [5, 5.41) is 9.55. The minimum Gasteiger partial charge on any atom is -0.507 e. The molecule has 0 aliphatic rings. The lowest BCUT2D eigenvalue weighted by Gasteiger charge is -2.08. The topological polar surface area (TPSA) is 37.3 Å². The Bertz CT molecular complexity index is 370. The smallest absolute Gasteiger partial charge is 0.169 e. The van der Waals surface area contributed by atoms with Gasteiger partial charge in [0, 0.05) is 5.92 Å². The van der Waals surface area contributed by atoms with Crippen LogP contribution in [0.4, 0.5) is 4.39 Å². The van der Waals surface area contributed by atoms with Crippen LogP contribution in [-0.2, 0) is 0 Å². The van der Waals surface area contributed by atoms with Crippen LogP contribution in [-0.4, -0.2) is 10.9 Å². The third-order valence-electron chi connectivity index (χ3n) is 2.06. The van der Waals surface area contributed by atoms with Crippen molar-refractivity contribution in [1.29, 1.82) is 0 Å². The van der Waals surface area contributed by atoms with Crippen molar-refractivity contribution in [2.45, 2.75) is 20.8 Å². The van der Waals surface area contributed by atoms with E-state index >= 15 is 0 Å². The van der Waals surface area contributed by atoms with Crippen LogP contribution in [0.3, 0.4) is 0 Å². The molecule has 0 aliphatic heterocycles. The summed E-state index contributed by atoms with van der Waals surface area (Å²) < 4.78 is 13.0. The molecular formula is C11H13FO2. The van der Waals surface area contributed by atoms with Gasteiger partial charge in [0.2, 0.25) is 0 Å². The molecule has 14 heavy (non-hydrogen) atoms. The molecule has 0 bridgehead atoms. The summed E-state index contributed by atoms with van der Waals surface area (Å²) >= 11 is 0. The molecule has 76 valence electrons. The van der Waals surface area contributed by atoms with Gasteiger partial charge in [-0.05, 0) is 24.6 Å². The highest BCUT2D eigenvalue weighted by molar-refractivity contribution is 6.00. The number of aryl methyl sites for hydroxylation is 1. The van der Waals surface area contributed by atoms with E-state index in [0.717, 1.165) is 6.07 Å². The van der Waals surface area contributed by atoms with E-state index < -0.39 is 5.82 Å². The summed E-state index contributed by atoms with van der Waals surface area (Å²) in [7, 11) is 0. The normalized spacial score (nSPS) is 10.6. The molecular weight excluding hydrogens is 183 g/mol. The highest BCUT2D eigenvalue weighted by Gasteiger charge is 2.17. The SMILES string of the molecule is Cc1cc(F)cc(C(=O)C(C)C)c1O. The Morgan fingerprint density at radius 1 is 1.43 bits per heavy atom. The van der Waals surface area contributed by atoms with Gasteiger partial charge in [-0.15, -0.1) is 0 Å². The van der Waals surface area contributed by atoms with Crippen LogP contribution in [0.5, 0.6) is 5.75 Å². The maximum absolute atomic E-state index is 13.0. The van der Waals surface area contributed by atoms with Crippen LogP contribution in [0, 0.1) is 18.7 Å². The maximum Gasteiger partial charge on any atom is 0.169 e. The number of phenols is 1. The van der Waals surface area contributed by atoms with Gasteiger partial charge < -0.3 is 5.11 Å². The second kappa shape index (κ2) is 3.78. The number of rotatable bonds is 2. The Hall–Kier alpha value is -1.38. The number of Topliss-reactive ketones (excluding diaryl/α,β-unsaturated/α-hetero) is 1. The number of carbonyl (C=O) groups excluding carboxylic acids is 1. The average Bonchev–Trinajstić information content (AvgIpc) is 2.09. The molecule has 0 radical (unpaired) electrons. The first-order chi connectivity index (χ1) is 6.43. The molecule has 0 saturated carbocycles. The number of hydrogen-bond acceptors (Lipinski definition) is 2. The van der Waals surface area contributed by atoms with E-state index in [1.807, 2.05) is 0 Å². The molecule has 0 atom stereocenters. The van der Waals surface area contributed by atoms with Gasteiger partial charge in [-0.3, -0.25) is 4.79 Å². The van der Waals surface area contributed by atoms with Gasteiger partial charge in [0.25, 0.3) is 0 Å². The third kappa shape index (κ3) is 1.92. The summed E-state index contributed by atoms with van der Waals surface area (Å²) in [4.78, 5) is 11.5. The predicted molar refractivity (Wildman–Crippen MR) is 52.0 cm³/mol. The molecule has 1 N–H and O–H groups in total. The van der Waals surface area contributed by atoms with Crippen molar-refractivity contribution >= 4 is 5.78 Å². The largest absolute Gasteiger partial charge is 0.507 e. The molecule has 0 aromatic heterocycles. The number of carbonyl (C=O) groups is 1. The zero-order chi connectivity index (χ0) is 10.9. The van der Waals surface area contributed by atoms with Crippen molar-refractivity contribution in [3.8, 4) is 5.75 Å². The van der Waals surface area contributed by atoms with Crippen molar-refractivity contribution in [2.24, 2.45) is 5.92 Å². The van der Waals surface area contributed by atoms with Crippen molar-refractivity contribution in [3.05, 3.63) is 29.1 Å². The van der Waals surface area contributed by atoms with Crippen molar-refractivity contribution < 1.29 is 14.3 Å². The number of ketones is 1. The van der Waals surface area contributed by atoms with E-state index in [9.17, 15) is 14.3 Å². The molecule has 3 heteroatoms. The van der Waals surface area contributed by atoms with Gasteiger partial charge >= 0.3 is 0 Å². The van der Waals surface area contributed by atoms with Gasteiger partial charge in [0.15, 0.2) is 5.78 Å². The molecule has 0 saturated heterocycles. The second-order valence-corrected chi connectivity index (χ2v) is 3.64. The first-order valence-corrected chi connectivity index (χ1v) is 4.46. The standard InChI is InChI=1S/C11H13FO2/c1-6(2)10(13)9-5-8(12)4-7(3)11(9)14/h4-6,14H,1-3H3. The van der Waals surface area contributed by atoms with Crippen LogP contribution in [0.15, 0.2) is 12.1 Å². The lowest BCUT2D eigenvalue weighted by molar-refractivity contribution is 0.0936. The summed E-state index contributed by atoms with van der Waals surface area (Å²) in [5.41, 5.74) is 0.450. The average molecular weight is 196 g/mol. The highest BCUT2D eigenvalue weighted by atomic mass is 19.1. The monoisotopic (exact) mass is 196 g/mol. The number of phenolic OH excluding ortho intramolecular Hbond substituents is 1. The van der Waals surface area contributed by atoms with Gasteiger partial charge in [-0.2, -0.15) is 0 Å². The van der Waals surface area contributed by atoms with Crippen molar-refractivity contribution in [2.75, 3.05) is 0 Å². The summed E-state index contributed by atoms with van der Waals surface area (Å²) in [5.74, 6) is -1.11. The number of aromatic hydroxyl groups is 1. The Morgan fingerprint density at radius 2 is 2.00 bits per heavy atom. The number of halogens is 1. The highest BCUT2D eigenvalue weighted by Crippen LogP contribution is 2.25. The molecule has 1 aromatic carbocycles. The van der Waals surface area contributed by atoms with Crippen molar-refractivity contribution in [3.63, 3.8) is 0 Å². The molecule has 0 spiro atoms. The van der Waals surface area contributed by atoms with E-state index in [4.69, 9.17) is 0 Å². The zero-order valence-electron chi connectivity index (χ0n) is 8.47. The van der Waals surface area contributed by atoms with E-state index in [1.54, 1.807) is 20.8 Å². The lowest BCUT2D eigenvalue weighted by atomic mass is 9.98. The second-order valence-electron chi connectivity index (χ2n) is 3.64. The van der Waals surface area contributed by atoms with Crippen LogP contribution in [0.2, 0.25) is 0 Å². The summed E-state index contributed by atoms with van der Waals surface area (Å²) in [6, 6.07) is 2.27. The molecule has 0 amide bonds. The minimum absolute atomic E-state index is 0.0671. The fraction of sp³-hybridized carbons (Fsp3) is 0.364. The molecule has 1 aromatic rings. The Kier molecular flexibility index (Phi) is 2.89. The third-order valence-corrected chi connectivity index (χ3v) is 2.06. The Balaban J connectivity index is 3.27. The predicted octanol–water partition coefficient (Wildman–Crippen LogP) is 2.68. The molecule has 0 heterocycles. The first-order valence-electron chi connectivity index (χ1n) is 4.46. The van der Waals surface area contributed by atoms with Gasteiger partial charge in [0.1, 0.15) is 11.6 Å².